The molecular formula is C20H28N4O3. The second-order valence-corrected chi connectivity index (χ2v) is 7.05. The number of hydrogen-bond acceptors (Lipinski definition) is 4. The van der Waals surface area contributed by atoms with E-state index in [-0.39, 0.29) is 18.6 Å². The summed E-state index contributed by atoms with van der Waals surface area (Å²) in [5.74, 6) is 1.48. The van der Waals surface area contributed by atoms with E-state index in [0.29, 0.717) is 19.0 Å². The number of ether oxygens (including phenoxy) is 1. The normalized spacial score (nSPS) is 17.3. The van der Waals surface area contributed by atoms with E-state index in [1.54, 1.807) is 19.0 Å². The van der Waals surface area contributed by atoms with Crippen molar-refractivity contribution in [1.29, 1.82) is 0 Å². The summed E-state index contributed by atoms with van der Waals surface area (Å²) >= 11 is 0. The van der Waals surface area contributed by atoms with Gasteiger partial charge in [-0.15, -0.1) is 0 Å². The first-order valence-corrected chi connectivity index (χ1v) is 9.31. The summed E-state index contributed by atoms with van der Waals surface area (Å²) in [6, 6.07) is 9.98. The zero-order chi connectivity index (χ0) is 19.2. The first-order valence-electron chi connectivity index (χ1n) is 9.31. The number of benzene rings is 1. The number of guanidine groups is 1. The molecule has 3 rings (SSSR count). The molecule has 1 unspecified atom stereocenters. The predicted octanol–water partition coefficient (Wildman–Crippen LogP) is 2.08. The number of likely N-dealkylation sites (N-methyl/N-ethyl adjacent to an activating group) is 1. The number of carbonyl (C=O) groups is 1. The number of furan rings is 1. The Morgan fingerprint density at radius 1 is 1.30 bits per heavy atom. The molecule has 1 aromatic carbocycles. The maximum Gasteiger partial charge on any atom is 0.243 e. The molecule has 1 saturated heterocycles. The molecule has 1 amide bonds. The highest BCUT2D eigenvalue weighted by Gasteiger charge is 2.18. The van der Waals surface area contributed by atoms with Crippen LogP contribution in [0.25, 0.3) is 11.0 Å². The molecule has 0 bridgehead atoms. The molecule has 1 aliphatic rings. The molecule has 27 heavy (non-hydrogen) atoms. The quantitative estimate of drug-likeness (QED) is 0.621. The third kappa shape index (κ3) is 5.23. The summed E-state index contributed by atoms with van der Waals surface area (Å²) in [5, 5.41) is 4.43. The number of nitrogens with one attached hydrogen (secondary N) is 1. The van der Waals surface area contributed by atoms with Gasteiger partial charge in [-0.25, -0.2) is 4.99 Å². The molecule has 1 N–H and O–H groups in total. The van der Waals surface area contributed by atoms with Crippen LogP contribution in [0.4, 0.5) is 0 Å². The third-order valence-electron chi connectivity index (χ3n) is 4.61. The lowest BCUT2D eigenvalue weighted by Crippen LogP contribution is -2.42. The Hall–Kier alpha value is -2.54. The number of carbonyl (C=O) groups excluding carboxylic acids is 1. The van der Waals surface area contributed by atoms with Crippen LogP contribution in [0.2, 0.25) is 0 Å². The van der Waals surface area contributed by atoms with Crippen LogP contribution in [-0.4, -0.2) is 68.6 Å². The molecule has 1 atom stereocenters. The van der Waals surface area contributed by atoms with E-state index < -0.39 is 0 Å². The van der Waals surface area contributed by atoms with Crippen molar-refractivity contribution in [2.75, 3.05) is 40.8 Å². The van der Waals surface area contributed by atoms with Crippen LogP contribution in [0.1, 0.15) is 18.6 Å². The van der Waals surface area contributed by atoms with Crippen LogP contribution >= 0.6 is 0 Å². The molecule has 146 valence electrons. The van der Waals surface area contributed by atoms with Crippen molar-refractivity contribution in [3.63, 3.8) is 0 Å². The van der Waals surface area contributed by atoms with E-state index >= 15 is 0 Å². The van der Waals surface area contributed by atoms with Gasteiger partial charge in [-0.2, -0.15) is 0 Å². The van der Waals surface area contributed by atoms with Crippen molar-refractivity contribution in [1.82, 2.24) is 15.1 Å². The molecule has 1 fully saturated rings. The summed E-state index contributed by atoms with van der Waals surface area (Å²) in [5.41, 5.74) is 0.870. The number of amides is 1. The average molecular weight is 372 g/mol. The molecule has 2 heterocycles. The zero-order valence-corrected chi connectivity index (χ0v) is 16.3. The van der Waals surface area contributed by atoms with E-state index in [4.69, 9.17) is 9.15 Å². The lowest BCUT2D eigenvalue weighted by Gasteiger charge is -2.23. The van der Waals surface area contributed by atoms with E-state index in [1.807, 2.05) is 42.3 Å². The fourth-order valence-corrected chi connectivity index (χ4v) is 3.03. The second-order valence-electron chi connectivity index (χ2n) is 7.05. The van der Waals surface area contributed by atoms with Gasteiger partial charge in [-0.3, -0.25) is 4.79 Å². The highest BCUT2D eigenvalue weighted by Crippen LogP contribution is 2.19. The molecule has 0 radical (unpaired) electrons. The van der Waals surface area contributed by atoms with Gasteiger partial charge in [0.15, 0.2) is 5.96 Å². The number of aliphatic imine (C=N–C) groups is 1. The van der Waals surface area contributed by atoms with Crippen molar-refractivity contribution in [3.05, 3.63) is 36.1 Å². The fourth-order valence-electron chi connectivity index (χ4n) is 3.03. The second kappa shape index (κ2) is 8.90. The molecule has 0 saturated carbocycles. The minimum atomic E-state index is -0.0384. The smallest absolute Gasteiger partial charge is 0.243 e. The van der Waals surface area contributed by atoms with Gasteiger partial charge in [0.25, 0.3) is 0 Å². The van der Waals surface area contributed by atoms with Crippen molar-refractivity contribution >= 4 is 22.8 Å². The topological polar surface area (TPSA) is 70.3 Å². The molecule has 0 spiro atoms. The first kappa shape index (κ1) is 19.2. The summed E-state index contributed by atoms with van der Waals surface area (Å²) in [4.78, 5) is 19.9. The van der Waals surface area contributed by atoms with Gasteiger partial charge in [0.2, 0.25) is 5.91 Å². The Morgan fingerprint density at radius 3 is 2.81 bits per heavy atom. The highest BCUT2D eigenvalue weighted by molar-refractivity contribution is 5.85. The van der Waals surface area contributed by atoms with Crippen LogP contribution in [0, 0.1) is 0 Å². The molecule has 0 aliphatic carbocycles. The van der Waals surface area contributed by atoms with Crippen molar-refractivity contribution in [2.45, 2.75) is 25.5 Å². The van der Waals surface area contributed by atoms with Gasteiger partial charge in [-0.05, 0) is 25.0 Å². The Labute approximate surface area is 160 Å². The van der Waals surface area contributed by atoms with Gasteiger partial charge in [0.1, 0.15) is 17.9 Å². The minimum absolute atomic E-state index is 0.0384. The molecular weight excluding hydrogens is 344 g/mol. The van der Waals surface area contributed by atoms with Gasteiger partial charge >= 0.3 is 0 Å². The fraction of sp³-hybridized carbons (Fsp3) is 0.500. The number of fused-ring (bicyclic) bond motifs is 1. The summed E-state index contributed by atoms with van der Waals surface area (Å²) in [7, 11) is 5.40. The van der Waals surface area contributed by atoms with E-state index in [9.17, 15) is 4.79 Å². The minimum Gasteiger partial charge on any atom is -0.459 e. The standard InChI is InChI=1S/C20H28N4O3/c1-23(2)19(25)13-22-20(21-12-16-8-6-10-26-16)24(3)14-17-11-15-7-4-5-9-18(15)27-17/h4-5,7,9,11,16H,6,8,10,12-14H2,1-3H3,(H,21,22). The highest BCUT2D eigenvalue weighted by atomic mass is 16.5. The lowest BCUT2D eigenvalue weighted by molar-refractivity contribution is -0.127. The Morgan fingerprint density at radius 2 is 2.11 bits per heavy atom. The maximum absolute atomic E-state index is 11.9. The Balaban J connectivity index is 1.68. The molecule has 2 aromatic rings. The van der Waals surface area contributed by atoms with Gasteiger partial charge in [-0.1, -0.05) is 18.2 Å². The summed E-state index contributed by atoms with van der Waals surface area (Å²) in [6.07, 6.45) is 2.33. The van der Waals surface area contributed by atoms with E-state index in [1.165, 1.54) is 0 Å². The number of para-hydroxylation sites is 1. The van der Waals surface area contributed by atoms with Gasteiger partial charge < -0.3 is 24.3 Å². The van der Waals surface area contributed by atoms with Crippen LogP contribution in [0.15, 0.2) is 39.7 Å². The van der Waals surface area contributed by atoms with Gasteiger partial charge in [0.05, 0.1) is 12.6 Å². The van der Waals surface area contributed by atoms with Crippen LogP contribution < -0.4 is 5.32 Å². The predicted molar refractivity (Wildman–Crippen MR) is 106 cm³/mol. The van der Waals surface area contributed by atoms with Crippen LogP contribution in [0.3, 0.4) is 0 Å². The molecule has 7 nitrogen and oxygen atoms in total. The zero-order valence-electron chi connectivity index (χ0n) is 16.3. The maximum atomic E-state index is 11.9. The molecule has 7 heteroatoms. The first-order chi connectivity index (χ1) is 13.0. The van der Waals surface area contributed by atoms with Crippen molar-refractivity contribution in [3.8, 4) is 0 Å². The van der Waals surface area contributed by atoms with Crippen molar-refractivity contribution in [2.24, 2.45) is 4.99 Å². The SMILES string of the molecule is CN(C)C(=O)CN=C(NCC1CCCO1)N(C)Cc1cc2ccccc2o1. The van der Waals surface area contributed by atoms with Crippen molar-refractivity contribution < 1.29 is 13.9 Å². The number of hydrogen-bond donors (Lipinski definition) is 1. The van der Waals surface area contributed by atoms with Crippen LogP contribution in [-0.2, 0) is 16.1 Å². The van der Waals surface area contributed by atoms with Crippen LogP contribution in [0.5, 0.6) is 0 Å². The lowest BCUT2D eigenvalue weighted by atomic mass is 10.2. The van der Waals surface area contributed by atoms with Gasteiger partial charge in [0, 0.05) is 39.7 Å². The third-order valence-corrected chi connectivity index (χ3v) is 4.61. The monoisotopic (exact) mass is 372 g/mol. The van der Waals surface area contributed by atoms with E-state index in [0.717, 1.165) is 36.2 Å². The Bertz CT molecular complexity index is 760. The number of nitrogens with zero attached hydrogens (tertiary/aromatic N) is 3. The number of rotatable bonds is 6. The Kier molecular flexibility index (Phi) is 6.34. The molecule has 1 aliphatic heterocycles. The van der Waals surface area contributed by atoms with E-state index in [2.05, 4.69) is 10.3 Å². The molecule has 1 aromatic heterocycles. The summed E-state index contributed by atoms with van der Waals surface area (Å²) in [6.45, 7) is 2.15. The summed E-state index contributed by atoms with van der Waals surface area (Å²) < 4.78 is 11.6. The average Bonchev–Trinajstić information content (AvgIpc) is 3.29. The largest absolute Gasteiger partial charge is 0.459 e.